The lowest BCUT2D eigenvalue weighted by Gasteiger charge is -2.02. The van der Waals surface area contributed by atoms with Crippen molar-refractivity contribution in [2.45, 2.75) is 19.8 Å². The topological polar surface area (TPSA) is 76.7 Å². The van der Waals surface area contributed by atoms with Crippen molar-refractivity contribution in [3.05, 3.63) is 0 Å². The highest BCUT2D eigenvalue weighted by molar-refractivity contribution is 5.81. The van der Waals surface area contributed by atoms with E-state index in [1.807, 2.05) is 6.92 Å². The van der Waals surface area contributed by atoms with Crippen LogP contribution in [0.15, 0.2) is 4.99 Å². The van der Waals surface area contributed by atoms with E-state index < -0.39 is 12.8 Å². The third-order valence-corrected chi connectivity index (χ3v) is 1.68. The van der Waals surface area contributed by atoms with Crippen LogP contribution in [-0.2, 0) is 4.74 Å². The number of hydrogen-bond donors (Lipinski definition) is 2. The molecular weight excluding hydrogens is 225 g/mol. The van der Waals surface area contributed by atoms with Crippen LogP contribution in [0.1, 0.15) is 19.8 Å². The summed E-state index contributed by atoms with van der Waals surface area (Å²) in [5, 5.41) is 2.46. The molecule has 3 N–H and O–H groups in total. The van der Waals surface area contributed by atoms with Gasteiger partial charge in [-0.05, 0) is 6.42 Å². The van der Waals surface area contributed by atoms with Gasteiger partial charge in [0.05, 0.1) is 13.2 Å². The Morgan fingerprint density at radius 3 is 2.94 bits per heavy atom. The lowest BCUT2D eigenvalue weighted by molar-refractivity contribution is 0.146. The smallest absolute Gasteiger partial charge is 0.407 e. The van der Waals surface area contributed by atoms with Gasteiger partial charge in [-0.25, -0.2) is 9.18 Å². The molecule has 1 amide bonds. The quantitative estimate of drug-likeness (QED) is 0.314. The minimum atomic E-state index is -0.774. The van der Waals surface area contributed by atoms with Crippen LogP contribution >= 0.6 is 0 Å². The molecule has 0 heterocycles. The third kappa shape index (κ3) is 10.5. The summed E-state index contributed by atoms with van der Waals surface area (Å²) in [5.41, 5.74) is 5.12. The van der Waals surface area contributed by atoms with E-state index in [4.69, 9.17) is 10.5 Å². The molecule has 0 aromatic rings. The number of nitrogens with one attached hydrogen (secondary N) is 1. The van der Waals surface area contributed by atoms with Crippen LogP contribution < -0.4 is 11.1 Å². The van der Waals surface area contributed by atoms with E-state index in [1.165, 1.54) is 0 Å². The van der Waals surface area contributed by atoms with E-state index in [1.54, 1.807) is 0 Å². The van der Waals surface area contributed by atoms with Gasteiger partial charge in [-0.15, -0.1) is 0 Å². The van der Waals surface area contributed by atoms with Crippen molar-refractivity contribution in [2.75, 3.05) is 26.4 Å². The number of carbonyl (C=O) groups excluding carboxylic acids is 1. The van der Waals surface area contributed by atoms with Crippen molar-refractivity contribution in [3.8, 4) is 11.8 Å². The third-order valence-electron chi connectivity index (χ3n) is 1.68. The number of unbranched alkanes of at least 4 members (excludes halogenated alkanes) is 1. The Morgan fingerprint density at radius 2 is 2.29 bits per heavy atom. The average Bonchev–Trinajstić information content (AvgIpc) is 2.33. The van der Waals surface area contributed by atoms with Crippen molar-refractivity contribution in [3.63, 3.8) is 0 Å². The Morgan fingerprint density at radius 1 is 1.53 bits per heavy atom. The van der Waals surface area contributed by atoms with Crippen LogP contribution in [0.5, 0.6) is 0 Å². The fourth-order valence-corrected chi connectivity index (χ4v) is 0.778. The summed E-state index contributed by atoms with van der Waals surface area (Å²) in [7, 11) is 0. The monoisotopic (exact) mass is 243 g/mol. The van der Waals surface area contributed by atoms with E-state index in [-0.39, 0.29) is 18.9 Å². The Bertz CT molecular complexity index is 308. The van der Waals surface area contributed by atoms with E-state index >= 15 is 0 Å². The first-order chi connectivity index (χ1) is 8.20. The lowest BCUT2D eigenvalue weighted by Crippen LogP contribution is -2.24. The summed E-state index contributed by atoms with van der Waals surface area (Å²) < 4.78 is 16.7. The highest BCUT2D eigenvalue weighted by Crippen LogP contribution is 1.87. The van der Waals surface area contributed by atoms with Crippen LogP contribution in [-0.4, -0.2) is 38.3 Å². The number of hydrogen-bond acceptors (Lipinski definition) is 3. The molecule has 0 bridgehead atoms. The molecular formula is C11H18FN3O2. The Labute approximate surface area is 101 Å². The Hall–Kier alpha value is -1.77. The summed E-state index contributed by atoms with van der Waals surface area (Å²) in [6, 6.07) is 0. The summed E-state index contributed by atoms with van der Waals surface area (Å²) in [4.78, 5) is 14.6. The van der Waals surface area contributed by atoms with E-state index in [0.29, 0.717) is 6.61 Å². The van der Waals surface area contributed by atoms with Crippen LogP contribution in [0.4, 0.5) is 9.18 Å². The summed E-state index contributed by atoms with van der Waals surface area (Å²) in [6.07, 6.45) is 1.33. The standard InChI is InChI=1S/C11H18FN3O2/c1-2-3-8-17-11(16)15-7-5-4-6-14-10(13)9-12/h2-3,6-9H2,1H3,(H2,13,14)(H,15,16). The maximum absolute atomic E-state index is 11.8. The molecule has 0 spiro atoms. The molecule has 0 saturated heterocycles. The minimum Gasteiger partial charge on any atom is -0.450 e. The highest BCUT2D eigenvalue weighted by atomic mass is 19.1. The van der Waals surface area contributed by atoms with Crippen molar-refractivity contribution in [1.82, 2.24) is 5.32 Å². The number of halogens is 1. The second-order valence-electron chi connectivity index (χ2n) is 3.14. The van der Waals surface area contributed by atoms with Crippen LogP contribution in [0.2, 0.25) is 0 Å². The number of ether oxygens (including phenoxy) is 1. The molecule has 0 aliphatic heterocycles. The molecule has 0 fully saturated rings. The molecule has 0 aliphatic rings. The number of nitrogens with zero attached hydrogens (tertiary/aromatic N) is 1. The van der Waals surface area contributed by atoms with Gasteiger partial charge in [-0.3, -0.25) is 4.99 Å². The molecule has 96 valence electrons. The maximum atomic E-state index is 11.8. The van der Waals surface area contributed by atoms with Gasteiger partial charge in [0.2, 0.25) is 0 Å². The van der Waals surface area contributed by atoms with Gasteiger partial charge in [-0.2, -0.15) is 0 Å². The van der Waals surface area contributed by atoms with Crippen LogP contribution in [0, 0.1) is 11.8 Å². The maximum Gasteiger partial charge on any atom is 0.407 e. The zero-order valence-corrected chi connectivity index (χ0v) is 9.96. The molecule has 6 heteroatoms. The Kier molecular flexibility index (Phi) is 9.62. The van der Waals surface area contributed by atoms with E-state index in [9.17, 15) is 9.18 Å². The first-order valence-electron chi connectivity index (χ1n) is 5.41. The predicted octanol–water partition coefficient (Wildman–Crippen LogP) is 0.843. The zero-order chi connectivity index (χ0) is 12.9. The number of rotatable bonds is 6. The van der Waals surface area contributed by atoms with Gasteiger partial charge < -0.3 is 15.8 Å². The number of amides is 1. The lowest BCUT2D eigenvalue weighted by atomic mass is 10.4. The number of alkyl halides is 1. The van der Waals surface area contributed by atoms with Crippen LogP contribution in [0.3, 0.4) is 0 Å². The zero-order valence-electron chi connectivity index (χ0n) is 9.96. The molecule has 0 unspecified atom stereocenters. The van der Waals surface area contributed by atoms with Crippen molar-refractivity contribution in [2.24, 2.45) is 10.7 Å². The van der Waals surface area contributed by atoms with Gasteiger partial charge in [-0.1, -0.05) is 25.2 Å². The fourth-order valence-electron chi connectivity index (χ4n) is 0.778. The molecule has 0 atom stereocenters. The predicted molar refractivity (Wildman–Crippen MR) is 64.5 cm³/mol. The van der Waals surface area contributed by atoms with E-state index in [0.717, 1.165) is 12.8 Å². The number of nitrogens with two attached hydrogens (primary N) is 1. The molecule has 0 aromatic carbocycles. The minimum absolute atomic E-state index is 0.0776. The number of alkyl carbamates (subject to hydrolysis) is 1. The summed E-state index contributed by atoms with van der Waals surface area (Å²) >= 11 is 0. The van der Waals surface area contributed by atoms with Crippen LogP contribution in [0.25, 0.3) is 0 Å². The molecule has 0 rings (SSSR count). The van der Waals surface area contributed by atoms with Gasteiger partial charge >= 0.3 is 6.09 Å². The first kappa shape index (κ1) is 15.2. The summed E-state index contributed by atoms with van der Waals surface area (Å²) in [5.74, 6) is 5.18. The highest BCUT2D eigenvalue weighted by Gasteiger charge is 1.97. The number of aliphatic imine (C=N–C) groups is 1. The molecule has 0 saturated carbocycles. The first-order valence-corrected chi connectivity index (χ1v) is 5.41. The molecule has 0 aliphatic carbocycles. The van der Waals surface area contributed by atoms with Crippen molar-refractivity contribution >= 4 is 11.9 Å². The average molecular weight is 243 g/mol. The SMILES string of the molecule is CCCCOC(=O)NCC#CCN=C(N)CF. The second-order valence-corrected chi connectivity index (χ2v) is 3.14. The van der Waals surface area contributed by atoms with Crippen molar-refractivity contribution in [1.29, 1.82) is 0 Å². The normalized spacial score (nSPS) is 10.4. The van der Waals surface area contributed by atoms with Crippen molar-refractivity contribution < 1.29 is 13.9 Å². The molecule has 5 nitrogen and oxygen atoms in total. The van der Waals surface area contributed by atoms with Gasteiger partial charge in [0.15, 0.2) is 0 Å². The Balaban J connectivity index is 3.56. The second kappa shape index (κ2) is 10.7. The van der Waals surface area contributed by atoms with Gasteiger partial charge in [0, 0.05) is 0 Å². The van der Waals surface area contributed by atoms with Gasteiger partial charge in [0.1, 0.15) is 19.1 Å². The van der Waals surface area contributed by atoms with Gasteiger partial charge in [0.25, 0.3) is 0 Å². The fraction of sp³-hybridized carbons (Fsp3) is 0.636. The summed E-state index contributed by atoms with van der Waals surface area (Å²) in [6.45, 7) is 1.95. The molecule has 0 radical (unpaired) electrons. The molecule has 17 heavy (non-hydrogen) atoms. The molecule has 0 aromatic heterocycles. The van der Waals surface area contributed by atoms with E-state index in [2.05, 4.69) is 22.2 Å². The number of carbonyl (C=O) groups is 1. The number of amidine groups is 1. The largest absolute Gasteiger partial charge is 0.450 e.